The highest BCUT2D eigenvalue weighted by Crippen LogP contribution is 2.28. The molecule has 172 valence electrons. The summed E-state index contributed by atoms with van der Waals surface area (Å²) in [5.74, 6) is -1.40. The lowest BCUT2D eigenvalue weighted by molar-refractivity contribution is -0.130. The van der Waals surface area contributed by atoms with Gasteiger partial charge in [0, 0.05) is 36.5 Å². The molecule has 0 bridgehead atoms. The minimum Gasteiger partial charge on any atom is -0.369 e. The fraction of sp³-hybridized carbons (Fsp3) is 0.455. The zero-order chi connectivity index (χ0) is 23.6. The number of aromatic nitrogens is 1. The summed E-state index contributed by atoms with van der Waals surface area (Å²) < 4.78 is 1.24. The molecule has 10 nitrogen and oxygen atoms in total. The van der Waals surface area contributed by atoms with E-state index in [0.29, 0.717) is 29.4 Å². The Hall–Kier alpha value is -3.40. The van der Waals surface area contributed by atoms with Crippen molar-refractivity contribution in [3.8, 4) is 0 Å². The average Bonchev–Trinajstić information content (AvgIpc) is 3.32. The van der Waals surface area contributed by atoms with E-state index in [-0.39, 0.29) is 30.7 Å². The summed E-state index contributed by atoms with van der Waals surface area (Å²) in [7, 11) is 0. The molecule has 32 heavy (non-hydrogen) atoms. The number of primary amides is 2. The molecule has 7 N–H and O–H groups in total. The summed E-state index contributed by atoms with van der Waals surface area (Å²) in [5.41, 5.74) is 18.0. The van der Waals surface area contributed by atoms with Crippen molar-refractivity contribution >= 4 is 40.3 Å². The largest absolute Gasteiger partial charge is 0.369 e. The van der Waals surface area contributed by atoms with Gasteiger partial charge in [0.2, 0.25) is 5.91 Å². The van der Waals surface area contributed by atoms with E-state index in [0.717, 1.165) is 0 Å². The topological polar surface area (TPSA) is 167 Å². The van der Waals surface area contributed by atoms with Gasteiger partial charge in [0.05, 0.1) is 17.2 Å². The van der Waals surface area contributed by atoms with Crippen LogP contribution in [0.4, 0.5) is 15.3 Å². The number of hydrogen-bond acceptors (Lipinski definition) is 5. The fourth-order valence-electron chi connectivity index (χ4n) is 4.27. The van der Waals surface area contributed by atoms with Crippen molar-refractivity contribution in [1.29, 1.82) is 0 Å². The van der Waals surface area contributed by atoms with E-state index < -0.39 is 29.9 Å². The maximum Gasteiger partial charge on any atom is 0.323 e. The van der Waals surface area contributed by atoms with Gasteiger partial charge in [-0.15, -0.1) is 0 Å². The van der Waals surface area contributed by atoms with Crippen LogP contribution in [-0.2, 0) is 9.59 Å². The number of Topliss-reactive ketones (excluding diaryl/α,β-unsaturated/α-hetero) is 1. The van der Waals surface area contributed by atoms with Gasteiger partial charge in [0.25, 0.3) is 0 Å². The van der Waals surface area contributed by atoms with Crippen molar-refractivity contribution in [3.63, 3.8) is 0 Å². The maximum atomic E-state index is 13.1. The Balaban J connectivity index is 1.81. The number of ketones is 1. The highest BCUT2D eigenvalue weighted by molar-refractivity contribution is 6.05. The molecule has 3 rings (SSSR count). The maximum absolute atomic E-state index is 13.1. The highest BCUT2D eigenvalue weighted by atomic mass is 16.2. The van der Waals surface area contributed by atoms with Crippen molar-refractivity contribution in [2.75, 3.05) is 11.9 Å². The minimum atomic E-state index is -0.750. The second-order valence-corrected chi connectivity index (χ2v) is 8.43. The van der Waals surface area contributed by atoms with Crippen molar-refractivity contribution in [2.24, 2.45) is 29.0 Å². The van der Waals surface area contributed by atoms with Crippen molar-refractivity contribution in [3.05, 3.63) is 30.5 Å². The molecule has 0 unspecified atom stereocenters. The first-order chi connectivity index (χ1) is 15.1. The molecule has 0 saturated carbocycles. The Morgan fingerprint density at radius 2 is 1.88 bits per heavy atom. The number of nitrogens with zero attached hydrogens (tertiary/aromatic N) is 2. The van der Waals surface area contributed by atoms with Crippen LogP contribution >= 0.6 is 0 Å². The Morgan fingerprint density at radius 1 is 1.19 bits per heavy atom. The van der Waals surface area contributed by atoms with Gasteiger partial charge in [-0.3, -0.25) is 14.2 Å². The van der Waals surface area contributed by atoms with Crippen molar-refractivity contribution in [2.45, 2.75) is 45.2 Å². The zero-order valence-corrected chi connectivity index (χ0v) is 18.3. The third-order valence-corrected chi connectivity index (χ3v) is 6.27. The molecule has 1 aromatic carbocycles. The Bertz CT molecular complexity index is 1050. The minimum absolute atomic E-state index is 0.0352. The highest BCUT2D eigenvalue weighted by Gasteiger charge is 2.40. The van der Waals surface area contributed by atoms with Crippen LogP contribution in [0.5, 0.6) is 0 Å². The van der Waals surface area contributed by atoms with E-state index in [1.54, 1.807) is 24.3 Å². The van der Waals surface area contributed by atoms with E-state index in [2.05, 4.69) is 5.32 Å². The van der Waals surface area contributed by atoms with Crippen molar-refractivity contribution < 1.29 is 19.2 Å². The van der Waals surface area contributed by atoms with Crippen LogP contribution in [-0.4, -0.2) is 51.8 Å². The molecule has 10 heteroatoms. The number of para-hydroxylation sites is 1. The summed E-state index contributed by atoms with van der Waals surface area (Å²) in [6.45, 7) is 4.00. The van der Waals surface area contributed by atoms with Crippen molar-refractivity contribution in [1.82, 2.24) is 9.47 Å². The normalized spacial score (nSPS) is 20.2. The molecule has 1 fully saturated rings. The predicted molar refractivity (Wildman–Crippen MR) is 121 cm³/mol. The molecule has 4 amide bonds. The number of hydrogen-bond donors (Lipinski definition) is 4. The molecule has 2 heterocycles. The second-order valence-electron chi connectivity index (χ2n) is 8.43. The molecule has 1 aliphatic heterocycles. The number of likely N-dealkylation sites (tertiary alicyclic amines) is 1. The van der Waals surface area contributed by atoms with E-state index in [1.165, 1.54) is 15.7 Å². The van der Waals surface area contributed by atoms with Gasteiger partial charge < -0.3 is 27.4 Å². The molecule has 0 radical (unpaired) electrons. The van der Waals surface area contributed by atoms with Crippen LogP contribution in [0, 0.1) is 11.8 Å². The standard InChI is InChI=1S/C22H30N6O4/c1-3-12(2)15(20(24)30)9-19(29)18-8-13(23)10-28(18)22(32)26-16-11-27(21(25)31)17-7-5-4-6-14(16)17/h4-7,11-13,15,18H,3,8-10,23H2,1-2H3,(H2,24,30)(H2,25,31)(H,26,32)/t12-,13-,15-,18-/m0/s1. The monoisotopic (exact) mass is 442 g/mol. The lowest BCUT2D eigenvalue weighted by Gasteiger charge is -2.26. The third-order valence-electron chi connectivity index (χ3n) is 6.27. The molecule has 1 saturated heterocycles. The first kappa shape index (κ1) is 23.3. The van der Waals surface area contributed by atoms with E-state index >= 15 is 0 Å². The predicted octanol–water partition coefficient (Wildman–Crippen LogP) is 1.61. The van der Waals surface area contributed by atoms with Gasteiger partial charge in [-0.25, -0.2) is 9.59 Å². The number of nitrogens with one attached hydrogen (secondary N) is 1. The quantitative estimate of drug-likeness (QED) is 0.510. The Kier molecular flexibility index (Phi) is 6.83. The second kappa shape index (κ2) is 9.39. The summed E-state index contributed by atoms with van der Waals surface area (Å²) >= 11 is 0. The first-order valence-corrected chi connectivity index (χ1v) is 10.7. The van der Waals surface area contributed by atoms with Gasteiger partial charge >= 0.3 is 12.1 Å². The van der Waals surface area contributed by atoms with Gasteiger partial charge in [0.15, 0.2) is 5.78 Å². The molecular weight excluding hydrogens is 412 g/mol. The average molecular weight is 443 g/mol. The summed E-state index contributed by atoms with van der Waals surface area (Å²) in [6, 6.07) is 4.70. The third kappa shape index (κ3) is 4.59. The number of anilines is 1. The number of urea groups is 1. The first-order valence-electron chi connectivity index (χ1n) is 10.7. The van der Waals surface area contributed by atoms with Crippen LogP contribution in [0.2, 0.25) is 0 Å². The van der Waals surface area contributed by atoms with E-state index in [4.69, 9.17) is 17.2 Å². The molecular formula is C22H30N6O4. The van der Waals surface area contributed by atoms with Crippen LogP contribution in [0.3, 0.4) is 0 Å². The molecule has 1 aromatic heterocycles. The number of rotatable bonds is 7. The summed E-state index contributed by atoms with van der Waals surface area (Å²) in [6.07, 6.45) is 2.43. The van der Waals surface area contributed by atoms with Gasteiger partial charge in [0.1, 0.15) is 0 Å². The van der Waals surface area contributed by atoms with Crippen LogP contribution < -0.4 is 22.5 Å². The lowest BCUT2D eigenvalue weighted by atomic mass is 9.85. The summed E-state index contributed by atoms with van der Waals surface area (Å²) in [4.78, 5) is 51.2. The molecule has 0 spiro atoms. The molecule has 4 atom stereocenters. The zero-order valence-electron chi connectivity index (χ0n) is 18.3. The summed E-state index contributed by atoms with van der Waals surface area (Å²) in [5, 5.41) is 3.41. The number of benzene rings is 1. The number of nitrogens with two attached hydrogens (primary N) is 3. The van der Waals surface area contributed by atoms with Gasteiger partial charge in [-0.05, 0) is 18.4 Å². The SMILES string of the molecule is CC[C@H](C)[C@H](CC(=O)[C@@H]1C[C@H](N)CN1C(=O)Nc1cn(C(N)=O)c2ccccc12)C(N)=O. The van der Waals surface area contributed by atoms with Crippen LogP contribution in [0.1, 0.15) is 33.1 Å². The fourth-order valence-corrected chi connectivity index (χ4v) is 4.27. The van der Waals surface area contributed by atoms with Crippen LogP contribution in [0.15, 0.2) is 30.5 Å². The van der Waals surface area contributed by atoms with Gasteiger partial charge in [-0.2, -0.15) is 0 Å². The molecule has 0 aliphatic carbocycles. The smallest absolute Gasteiger partial charge is 0.323 e. The number of amides is 4. The van der Waals surface area contributed by atoms with E-state index in [9.17, 15) is 19.2 Å². The Labute approximate surface area is 186 Å². The van der Waals surface area contributed by atoms with Gasteiger partial charge in [-0.1, -0.05) is 38.5 Å². The number of fused-ring (bicyclic) bond motifs is 1. The van der Waals surface area contributed by atoms with E-state index in [1.807, 2.05) is 13.8 Å². The lowest BCUT2D eigenvalue weighted by Crippen LogP contribution is -2.44. The number of carbonyl (C=O) groups is 4. The molecule has 1 aliphatic rings. The van der Waals surface area contributed by atoms with Crippen LogP contribution in [0.25, 0.3) is 10.9 Å². The number of carbonyl (C=O) groups excluding carboxylic acids is 4. The Morgan fingerprint density at radius 3 is 2.50 bits per heavy atom. The molecule has 2 aromatic rings.